The SMILES string of the molecule is CCNC(CCN(C)CC(C)O)c1ccccc1Br. The fraction of sp³-hybridized carbons (Fsp3) is 0.600. The molecular formula is C15H25BrN2O. The molecule has 1 rings (SSSR count). The molecule has 0 saturated carbocycles. The molecule has 0 amide bonds. The monoisotopic (exact) mass is 328 g/mol. The molecule has 1 aromatic carbocycles. The molecule has 2 N–H and O–H groups in total. The number of benzene rings is 1. The quantitative estimate of drug-likeness (QED) is 0.770. The lowest BCUT2D eigenvalue weighted by molar-refractivity contribution is 0.139. The normalized spacial score (nSPS) is 14.6. The molecule has 0 bridgehead atoms. The molecule has 0 saturated heterocycles. The van der Waals surface area contributed by atoms with Crippen LogP contribution in [-0.4, -0.2) is 42.8 Å². The van der Waals surface area contributed by atoms with E-state index < -0.39 is 0 Å². The molecule has 3 nitrogen and oxygen atoms in total. The Balaban J connectivity index is 2.61. The van der Waals surface area contributed by atoms with Crippen molar-refractivity contribution in [2.45, 2.75) is 32.4 Å². The van der Waals surface area contributed by atoms with E-state index in [2.05, 4.69) is 58.3 Å². The number of likely N-dealkylation sites (N-methyl/N-ethyl adjacent to an activating group) is 1. The molecule has 2 unspecified atom stereocenters. The minimum Gasteiger partial charge on any atom is -0.392 e. The van der Waals surface area contributed by atoms with E-state index in [4.69, 9.17) is 0 Å². The van der Waals surface area contributed by atoms with Crippen LogP contribution in [0.5, 0.6) is 0 Å². The number of rotatable bonds is 8. The van der Waals surface area contributed by atoms with E-state index in [9.17, 15) is 5.11 Å². The molecule has 0 aliphatic carbocycles. The zero-order valence-electron chi connectivity index (χ0n) is 12.1. The molecule has 0 heterocycles. The van der Waals surface area contributed by atoms with Gasteiger partial charge < -0.3 is 15.3 Å². The molecule has 0 aliphatic heterocycles. The van der Waals surface area contributed by atoms with Gasteiger partial charge in [-0.1, -0.05) is 41.1 Å². The first-order chi connectivity index (χ1) is 9.04. The van der Waals surface area contributed by atoms with Gasteiger partial charge in [-0.05, 0) is 45.1 Å². The van der Waals surface area contributed by atoms with E-state index >= 15 is 0 Å². The van der Waals surface area contributed by atoms with Gasteiger partial charge in [-0.25, -0.2) is 0 Å². The molecule has 0 spiro atoms. The smallest absolute Gasteiger partial charge is 0.0638 e. The van der Waals surface area contributed by atoms with Crippen LogP contribution < -0.4 is 5.32 Å². The van der Waals surface area contributed by atoms with E-state index in [0.717, 1.165) is 30.5 Å². The second-order valence-electron chi connectivity index (χ2n) is 5.03. The van der Waals surface area contributed by atoms with Crippen LogP contribution in [0.3, 0.4) is 0 Å². The lowest BCUT2D eigenvalue weighted by Gasteiger charge is -2.24. The predicted octanol–water partition coefficient (Wildman–Crippen LogP) is 2.80. The van der Waals surface area contributed by atoms with Gasteiger partial charge in [0.15, 0.2) is 0 Å². The minimum absolute atomic E-state index is 0.272. The summed E-state index contributed by atoms with van der Waals surface area (Å²) in [5.74, 6) is 0. The van der Waals surface area contributed by atoms with Crippen molar-refractivity contribution in [2.24, 2.45) is 0 Å². The first-order valence-corrected chi connectivity index (χ1v) is 7.68. The van der Waals surface area contributed by atoms with E-state index in [-0.39, 0.29) is 6.10 Å². The molecule has 4 heteroatoms. The zero-order valence-corrected chi connectivity index (χ0v) is 13.7. The van der Waals surface area contributed by atoms with Crippen LogP contribution in [0.15, 0.2) is 28.7 Å². The predicted molar refractivity (Wildman–Crippen MR) is 84.4 cm³/mol. The van der Waals surface area contributed by atoms with Crippen LogP contribution in [0, 0.1) is 0 Å². The molecule has 2 atom stereocenters. The van der Waals surface area contributed by atoms with Gasteiger partial charge in [0.25, 0.3) is 0 Å². The van der Waals surface area contributed by atoms with Crippen LogP contribution in [0.25, 0.3) is 0 Å². The maximum atomic E-state index is 9.39. The Bertz CT molecular complexity index is 371. The fourth-order valence-corrected chi connectivity index (χ4v) is 2.82. The van der Waals surface area contributed by atoms with Crippen molar-refractivity contribution in [1.29, 1.82) is 0 Å². The summed E-state index contributed by atoms with van der Waals surface area (Å²) in [6.07, 6.45) is 0.755. The fourth-order valence-electron chi connectivity index (χ4n) is 2.26. The maximum Gasteiger partial charge on any atom is 0.0638 e. The average molecular weight is 329 g/mol. The summed E-state index contributed by atoms with van der Waals surface area (Å²) in [5, 5.41) is 12.9. The molecule has 1 aromatic rings. The van der Waals surface area contributed by atoms with Gasteiger partial charge in [0.05, 0.1) is 6.10 Å². The summed E-state index contributed by atoms with van der Waals surface area (Å²) in [7, 11) is 2.05. The number of hydrogen-bond acceptors (Lipinski definition) is 3. The second kappa shape index (κ2) is 8.69. The third-order valence-electron chi connectivity index (χ3n) is 3.11. The number of aliphatic hydroxyl groups is 1. The number of aliphatic hydroxyl groups excluding tert-OH is 1. The maximum absolute atomic E-state index is 9.39. The van der Waals surface area contributed by atoms with Gasteiger partial charge in [0.1, 0.15) is 0 Å². The van der Waals surface area contributed by atoms with Crippen molar-refractivity contribution in [3.8, 4) is 0 Å². The van der Waals surface area contributed by atoms with Crippen molar-refractivity contribution in [1.82, 2.24) is 10.2 Å². The third-order valence-corrected chi connectivity index (χ3v) is 3.83. The Morgan fingerprint density at radius 2 is 2.05 bits per heavy atom. The zero-order chi connectivity index (χ0) is 14.3. The molecule has 0 aliphatic rings. The van der Waals surface area contributed by atoms with Crippen molar-refractivity contribution in [3.63, 3.8) is 0 Å². The van der Waals surface area contributed by atoms with Crippen molar-refractivity contribution in [2.75, 3.05) is 26.7 Å². The van der Waals surface area contributed by atoms with Crippen molar-refractivity contribution in [3.05, 3.63) is 34.3 Å². The highest BCUT2D eigenvalue weighted by molar-refractivity contribution is 9.10. The van der Waals surface area contributed by atoms with Gasteiger partial charge in [-0.3, -0.25) is 0 Å². The van der Waals surface area contributed by atoms with Crippen LogP contribution >= 0.6 is 15.9 Å². The van der Waals surface area contributed by atoms with Gasteiger partial charge in [0.2, 0.25) is 0 Å². The Morgan fingerprint density at radius 3 is 2.63 bits per heavy atom. The lowest BCUT2D eigenvalue weighted by atomic mass is 10.0. The Kier molecular flexibility index (Phi) is 7.61. The molecule has 0 fully saturated rings. The number of nitrogens with one attached hydrogen (secondary N) is 1. The molecule has 19 heavy (non-hydrogen) atoms. The summed E-state index contributed by atoms with van der Waals surface area (Å²) >= 11 is 3.62. The van der Waals surface area contributed by atoms with Crippen LogP contribution in [0.2, 0.25) is 0 Å². The number of halogens is 1. The Hall–Kier alpha value is -0.420. The molecule has 0 radical (unpaired) electrons. The standard InChI is InChI=1S/C15H25BrN2O/c1-4-17-15(9-10-18(3)11-12(2)19)13-7-5-6-8-14(13)16/h5-8,12,15,17,19H,4,9-11H2,1-3H3. The third kappa shape index (κ3) is 6.04. The first-order valence-electron chi connectivity index (χ1n) is 6.89. The summed E-state index contributed by atoms with van der Waals surface area (Å²) in [6.45, 7) is 6.58. The van der Waals surface area contributed by atoms with E-state index in [1.54, 1.807) is 0 Å². The van der Waals surface area contributed by atoms with Crippen molar-refractivity contribution >= 4 is 15.9 Å². The van der Waals surface area contributed by atoms with E-state index in [1.165, 1.54) is 5.56 Å². The lowest BCUT2D eigenvalue weighted by Crippen LogP contribution is -2.31. The highest BCUT2D eigenvalue weighted by Crippen LogP contribution is 2.25. The number of hydrogen-bond donors (Lipinski definition) is 2. The van der Waals surface area contributed by atoms with Crippen LogP contribution in [0.1, 0.15) is 31.9 Å². The van der Waals surface area contributed by atoms with Gasteiger partial charge in [-0.2, -0.15) is 0 Å². The second-order valence-corrected chi connectivity index (χ2v) is 5.89. The summed E-state index contributed by atoms with van der Waals surface area (Å²) in [6, 6.07) is 8.70. The van der Waals surface area contributed by atoms with Gasteiger partial charge >= 0.3 is 0 Å². The minimum atomic E-state index is -0.272. The Labute approximate surface area is 125 Å². The van der Waals surface area contributed by atoms with Crippen LogP contribution in [-0.2, 0) is 0 Å². The van der Waals surface area contributed by atoms with E-state index in [1.807, 2.05) is 13.0 Å². The summed E-state index contributed by atoms with van der Waals surface area (Å²) < 4.78 is 1.15. The Morgan fingerprint density at radius 1 is 1.37 bits per heavy atom. The average Bonchev–Trinajstić information content (AvgIpc) is 2.34. The molecule has 108 valence electrons. The summed E-state index contributed by atoms with van der Waals surface area (Å²) in [5.41, 5.74) is 1.30. The highest BCUT2D eigenvalue weighted by Gasteiger charge is 2.14. The molecule has 0 aromatic heterocycles. The number of nitrogens with zero attached hydrogens (tertiary/aromatic N) is 1. The van der Waals surface area contributed by atoms with E-state index in [0.29, 0.717) is 6.04 Å². The van der Waals surface area contributed by atoms with Crippen LogP contribution in [0.4, 0.5) is 0 Å². The molecular weight excluding hydrogens is 304 g/mol. The highest BCUT2D eigenvalue weighted by atomic mass is 79.9. The largest absolute Gasteiger partial charge is 0.392 e. The van der Waals surface area contributed by atoms with Gasteiger partial charge in [-0.15, -0.1) is 0 Å². The topological polar surface area (TPSA) is 35.5 Å². The summed E-state index contributed by atoms with van der Waals surface area (Å²) in [4.78, 5) is 2.17. The first kappa shape index (κ1) is 16.6. The van der Waals surface area contributed by atoms with Crippen molar-refractivity contribution < 1.29 is 5.11 Å². The van der Waals surface area contributed by atoms with Gasteiger partial charge in [0, 0.05) is 17.1 Å².